The van der Waals surface area contributed by atoms with Gasteiger partial charge in [-0.05, 0) is 12.5 Å². The van der Waals surface area contributed by atoms with Crippen LogP contribution in [0.4, 0.5) is 4.39 Å². The molecule has 17 heavy (non-hydrogen) atoms. The van der Waals surface area contributed by atoms with Crippen molar-refractivity contribution in [2.75, 3.05) is 6.61 Å². The van der Waals surface area contributed by atoms with Gasteiger partial charge in [0.05, 0.1) is 12.2 Å². The molecule has 94 valence electrons. The van der Waals surface area contributed by atoms with Crippen LogP contribution in [-0.2, 0) is 11.3 Å². The van der Waals surface area contributed by atoms with Gasteiger partial charge in [0.1, 0.15) is 5.82 Å². The smallest absolute Gasteiger partial charge is 0.173 e. The molecule has 0 radical (unpaired) electrons. The zero-order valence-corrected chi connectivity index (χ0v) is 9.82. The van der Waals surface area contributed by atoms with Gasteiger partial charge in [0, 0.05) is 12.2 Å². The number of hydrogen-bond donors (Lipinski definition) is 2. The van der Waals surface area contributed by atoms with E-state index in [0.29, 0.717) is 12.2 Å². The Kier molecular flexibility index (Phi) is 5.42. The minimum atomic E-state index is -0.501. The molecule has 0 saturated carbocycles. The fraction of sp³-hybridized carbons (Fsp3) is 0.417. The number of rotatable bonds is 6. The van der Waals surface area contributed by atoms with E-state index in [9.17, 15) is 4.39 Å². The molecule has 0 fully saturated rings. The van der Waals surface area contributed by atoms with Crippen LogP contribution in [0.15, 0.2) is 23.4 Å². The van der Waals surface area contributed by atoms with Crippen molar-refractivity contribution in [3.63, 3.8) is 0 Å². The van der Waals surface area contributed by atoms with Crippen LogP contribution in [0.25, 0.3) is 0 Å². The number of halogens is 1. The summed E-state index contributed by atoms with van der Waals surface area (Å²) in [6.07, 6.45) is 1.98. The average molecular weight is 240 g/mol. The van der Waals surface area contributed by atoms with E-state index < -0.39 is 5.82 Å². The Morgan fingerprint density at radius 1 is 1.53 bits per heavy atom. The topological polar surface area (TPSA) is 67.8 Å². The number of hydrogen-bond acceptors (Lipinski definition) is 3. The third kappa shape index (κ3) is 3.71. The van der Waals surface area contributed by atoms with E-state index in [-0.39, 0.29) is 18.0 Å². The lowest BCUT2D eigenvalue weighted by Crippen LogP contribution is -2.16. The second kappa shape index (κ2) is 6.85. The first-order chi connectivity index (χ1) is 8.20. The molecule has 0 aliphatic carbocycles. The lowest BCUT2D eigenvalue weighted by molar-refractivity contribution is 0.115. The van der Waals surface area contributed by atoms with Gasteiger partial charge in [-0.1, -0.05) is 30.6 Å². The molecule has 0 unspecified atom stereocenters. The summed E-state index contributed by atoms with van der Waals surface area (Å²) in [4.78, 5) is 0. The number of nitrogens with two attached hydrogens (primary N) is 1. The van der Waals surface area contributed by atoms with Gasteiger partial charge in [0.25, 0.3) is 0 Å². The van der Waals surface area contributed by atoms with Crippen molar-refractivity contribution in [3.8, 4) is 0 Å². The summed E-state index contributed by atoms with van der Waals surface area (Å²) in [5.41, 5.74) is 5.85. The van der Waals surface area contributed by atoms with Crippen molar-refractivity contribution in [1.29, 1.82) is 0 Å². The summed E-state index contributed by atoms with van der Waals surface area (Å²) in [5.74, 6) is -0.739. The summed E-state index contributed by atoms with van der Waals surface area (Å²) >= 11 is 0. The van der Waals surface area contributed by atoms with E-state index in [4.69, 9.17) is 15.7 Å². The number of nitrogens with zero attached hydrogens (tertiary/aromatic N) is 1. The molecule has 3 N–H and O–H groups in total. The molecule has 1 aromatic carbocycles. The third-order valence-corrected chi connectivity index (χ3v) is 2.36. The summed E-state index contributed by atoms with van der Waals surface area (Å²) < 4.78 is 19.2. The van der Waals surface area contributed by atoms with E-state index in [0.717, 1.165) is 12.8 Å². The highest BCUT2D eigenvalue weighted by Gasteiger charge is 2.11. The second-order valence-corrected chi connectivity index (χ2v) is 3.67. The van der Waals surface area contributed by atoms with Crippen LogP contribution >= 0.6 is 0 Å². The molecule has 1 rings (SSSR count). The number of amidine groups is 1. The second-order valence-electron chi connectivity index (χ2n) is 3.67. The molecule has 0 heterocycles. The minimum absolute atomic E-state index is 0.0871. The van der Waals surface area contributed by atoms with Crippen molar-refractivity contribution in [2.24, 2.45) is 10.9 Å². The average Bonchev–Trinajstić information content (AvgIpc) is 2.35. The van der Waals surface area contributed by atoms with Crippen LogP contribution in [-0.4, -0.2) is 17.6 Å². The summed E-state index contributed by atoms with van der Waals surface area (Å²) in [7, 11) is 0. The molecule has 0 atom stereocenters. The van der Waals surface area contributed by atoms with Gasteiger partial charge in [0.2, 0.25) is 0 Å². The van der Waals surface area contributed by atoms with Gasteiger partial charge in [-0.3, -0.25) is 0 Å². The van der Waals surface area contributed by atoms with Crippen LogP contribution in [0.1, 0.15) is 30.9 Å². The molecule has 0 aromatic heterocycles. The third-order valence-electron chi connectivity index (χ3n) is 2.36. The highest BCUT2D eigenvalue weighted by Crippen LogP contribution is 2.14. The van der Waals surface area contributed by atoms with Gasteiger partial charge in [0.15, 0.2) is 5.84 Å². The first-order valence-electron chi connectivity index (χ1n) is 5.53. The number of oxime groups is 1. The summed E-state index contributed by atoms with van der Waals surface area (Å²) in [6, 6.07) is 4.73. The van der Waals surface area contributed by atoms with Crippen LogP contribution in [0.5, 0.6) is 0 Å². The molecule has 0 aliphatic rings. The fourth-order valence-electron chi connectivity index (χ4n) is 1.37. The maximum atomic E-state index is 13.9. The van der Waals surface area contributed by atoms with E-state index in [1.807, 2.05) is 0 Å². The van der Waals surface area contributed by atoms with Crippen molar-refractivity contribution in [1.82, 2.24) is 0 Å². The van der Waals surface area contributed by atoms with E-state index in [2.05, 4.69) is 12.1 Å². The summed E-state index contributed by atoms with van der Waals surface area (Å²) in [6.45, 7) is 2.85. The van der Waals surface area contributed by atoms with E-state index in [1.54, 1.807) is 12.1 Å². The van der Waals surface area contributed by atoms with Crippen molar-refractivity contribution in [3.05, 3.63) is 35.1 Å². The molecule has 4 nitrogen and oxygen atoms in total. The molecular formula is C12H17FN2O2. The van der Waals surface area contributed by atoms with Crippen LogP contribution in [0.2, 0.25) is 0 Å². The zero-order chi connectivity index (χ0) is 12.7. The Hall–Kier alpha value is -1.62. The number of unbranched alkanes of at least 4 members (excludes halogenated alkanes) is 1. The Morgan fingerprint density at radius 3 is 2.94 bits per heavy atom. The van der Waals surface area contributed by atoms with Gasteiger partial charge in [-0.2, -0.15) is 0 Å². The summed E-state index contributed by atoms with van der Waals surface area (Å²) in [5, 5.41) is 11.3. The molecule has 5 heteroatoms. The van der Waals surface area contributed by atoms with Gasteiger partial charge in [-0.25, -0.2) is 4.39 Å². The van der Waals surface area contributed by atoms with Crippen LogP contribution in [0.3, 0.4) is 0 Å². The minimum Gasteiger partial charge on any atom is -0.409 e. The molecule has 0 bridgehead atoms. The first kappa shape index (κ1) is 13.4. The molecule has 0 aliphatic heterocycles. The van der Waals surface area contributed by atoms with Gasteiger partial charge in [-0.15, -0.1) is 0 Å². The van der Waals surface area contributed by atoms with E-state index >= 15 is 0 Å². The van der Waals surface area contributed by atoms with Crippen molar-refractivity contribution in [2.45, 2.75) is 26.4 Å². The lowest BCUT2D eigenvalue weighted by Gasteiger charge is -2.07. The molecular weight excluding hydrogens is 223 g/mol. The zero-order valence-electron chi connectivity index (χ0n) is 9.82. The van der Waals surface area contributed by atoms with Crippen molar-refractivity contribution < 1.29 is 14.3 Å². The van der Waals surface area contributed by atoms with Crippen molar-refractivity contribution >= 4 is 5.84 Å². The Bertz CT molecular complexity index is 394. The molecule has 0 amide bonds. The lowest BCUT2D eigenvalue weighted by atomic mass is 10.1. The fourth-order valence-corrected chi connectivity index (χ4v) is 1.37. The maximum absolute atomic E-state index is 13.9. The highest BCUT2D eigenvalue weighted by molar-refractivity contribution is 5.97. The predicted octanol–water partition coefficient (Wildman–Crippen LogP) is 2.24. The van der Waals surface area contributed by atoms with E-state index in [1.165, 1.54) is 6.07 Å². The maximum Gasteiger partial charge on any atom is 0.173 e. The Labute approximate surface area is 99.9 Å². The SMILES string of the molecule is CCCCOCc1cccc(/C(N)=N/O)c1F. The molecule has 0 saturated heterocycles. The predicted molar refractivity (Wildman–Crippen MR) is 63.5 cm³/mol. The first-order valence-corrected chi connectivity index (χ1v) is 5.53. The van der Waals surface area contributed by atoms with Gasteiger partial charge < -0.3 is 15.7 Å². The Balaban J connectivity index is 2.73. The van der Waals surface area contributed by atoms with Crippen LogP contribution < -0.4 is 5.73 Å². The normalized spacial score (nSPS) is 11.8. The van der Waals surface area contributed by atoms with Gasteiger partial charge >= 0.3 is 0 Å². The number of benzene rings is 1. The Morgan fingerprint density at radius 2 is 2.29 bits per heavy atom. The largest absolute Gasteiger partial charge is 0.409 e. The van der Waals surface area contributed by atoms with Crippen LogP contribution in [0, 0.1) is 5.82 Å². The standard InChI is InChI=1S/C12H17FN2O2/c1-2-3-7-17-8-9-5-4-6-10(11(9)13)12(14)15-16/h4-6,16H,2-3,7-8H2,1H3,(H2,14,15). The number of ether oxygens (including phenoxy) is 1. The highest BCUT2D eigenvalue weighted by atomic mass is 19.1. The quantitative estimate of drug-likeness (QED) is 0.263. The molecule has 0 spiro atoms. The monoisotopic (exact) mass is 240 g/mol. The molecule has 1 aromatic rings.